The predicted octanol–water partition coefficient (Wildman–Crippen LogP) is 7.62. The van der Waals surface area contributed by atoms with Crippen LogP contribution in [-0.2, 0) is 11.3 Å². The smallest absolute Gasteiger partial charge is 0.435 e. The van der Waals surface area contributed by atoms with Crippen LogP contribution in [0.25, 0.3) is 27.7 Å². The van der Waals surface area contributed by atoms with Crippen molar-refractivity contribution in [2.75, 3.05) is 6.54 Å². The number of benzene rings is 4. The molecule has 2 amide bonds. The molecule has 1 aromatic heterocycles. The highest BCUT2D eigenvalue weighted by Gasteiger charge is 2.57. The Balaban J connectivity index is 1.19. The first-order valence-electron chi connectivity index (χ1n) is 14.0. The van der Waals surface area contributed by atoms with Crippen LogP contribution in [0.3, 0.4) is 0 Å². The summed E-state index contributed by atoms with van der Waals surface area (Å²) in [5.74, 6) is -0.410. The largest absolute Gasteiger partial charge is 0.521 e. The molecule has 1 aliphatic heterocycles. The van der Waals surface area contributed by atoms with Crippen LogP contribution in [0.2, 0.25) is 0 Å². The van der Waals surface area contributed by atoms with Gasteiger partial charge in [0.05, 0.1) is 17.7 Å². The van der Waals surface area contributed by atoms with Gasteiger partial charge < -0.3 is 14.4 Å². The summed E-state index contributed by atoms with van der Waals surface area (Å²) in [6.45, 7) is 4.42. The minimum Gasteiger partial charge on any atom is -0.435 e. The molecule has 0 spiro atoms. The van der Waals surface area contributed by atoms with Crippen molar-refractivity contribution in [2.24, 2.45) is 0 Å². The fourth-order valence-corrected chi connectivity index (χ4v) is 6.02. The maximum atomic E-state index is 13.7. The van der Waals surface area contributed by atoms with E-state index in [1.54, 1.807) is 12.1 Å². The van der Waals surface area contributed by atoms with Crippen molar-refractivity contribution in [3.05, 3.63) is 126 Å². The van der Waals surface area contributed by atoms with E-state index < -0.39 is 22.5 Å². The molecule has 2 unspecified atom stereocenters. The van der Waals surface area contributed by atoms with Gasteiger partial charge in [0.2, 0.25) is 0 Å². The molecule has 41 heavy (non-hydrogen) atoms. The van der Waals surface area contributed by atoms with Gasteiger partial charge in [0, 0.05) is 23.7 Å². The summed E-state index contributed by atoms with van der Waals surface area (Å²) in [7, 11) is 0. The van der Waals surface area contributed by atoms with Gasteiger partial charge in [0.25, 0.3) is 0 Å². The maximum absolute atomic E-state index is 13.7. The summed E-state index contributed by atoms with van der Waals surface area (Å²) < 4.78 is 7.58. The zero-order chi connectivity index (χ0) is 28.6. The van der Waals surface area contributed by atoms with E-state index in [4.69, 9.17) is 4.74 Å². The highest BCUT2D eigenvalue weighted by atomic mass is 16.5. The van der Waals surface area contributed by atoms with Crippen LogP contribution in [0.1, 0.15) is 34.8 Å². The van der Waals surface area contributed by atoms with E-state index in [-0.39, 0.29) is 12.6 Å². The Morgan fingerprint density at radius 1 is 0.902 bits per heavy atom. The third-order valence-corrected chi connectivity index (χ3v) is 8.34. The number of nitrogens with zero attached hydrogens (tertiary/aromatic N) is 2. The zero-order valence-electron chi connectivity index (χ0n) is 23.2. The number of carbonyl (C=O) groups excluding carboxylic acids is 1. The normalized spacial score (nSPS) is 20.3. The zero-order valence-corrected chi connectivity index (χ0v) is 23.2. The second-order valence-electron chi connectivity index (χ2n) is 11.0. The van der Waals surface area contributed by atoms with E-state index in [2.05, 4.69) is 66.2 Å². The molecule has 1 aliphatic rings. The third-order valence-electron chi connectivity index (χ3n) is 8.34. The molecule has 6 heteroatoms. The number of likely N-dealkylation sites (tertiary alicyclic amines) is 1. The van der Waals surface area contributed by atoms with Gasteiger partial charge in [-0.15, -0.1) is 0 Å². The molecule has 0 aliphatic carbocycles. The number of rotatable bonds is 6. The number of amides is 2. The van der Waals surface area contributed by atoms with Gasteiger partial charge in [-0.05, 0) is 73.0 Å². The Morgan fingerprint density at radius 2 is 1.59 bits per heavy atom. The summed E-state index contributed by atoms with van der Waals surface area (Å²) >= 11 is 0. The van der Waals surface area contributed by atoms with E-state index in [1.807, 2.05) is 49.4 Å². The Labute approximate surface area is 239 Å². The average Bonchev–Trinajstić information content (AvgIpc) is 3.57. The predicted molar refractivity (Wildman–Crippen MR) is 160 cm³/mol. The van der Waals surface area contributed by atoms with Crippen molar-refractivity contribution in [3.63, 3.8) is 0 Å². The Hall–Kier alpha value is -4.52. The maximum Gasteiger partial charge on any atom is 0.521 e. The number of ether oxygens (including phenoxy) is 1. The number of hydrogen-bond acceptors (Lipinski definition) is 3. The molecule has 0 bridgehead atoms. The number of hydrogen-bond donors (Lipinski definition) is 1. The van der Waals surface area contributed by atoms with E-state index in [0.717, 1.165) is 27.9 Å². The fourth-order valence-electron chi connectivity index (χ4n) is 6.02. The molecule has 1 N–H and O–H groups in total. The Kier molecular flexibility index (Phi) is 7.03. The first-order chi connectivity index (χ1) is 19.8. The summed E-state index contributed by atoms with van der Waals surface area (Å²) in [5, 5.41) is 11.5. The van der Waals surface area contributed by atoms with Crippen LogP contribution in [0.4, 0.5) is 4.79 Å². The molecular formula is C35H33N2O4+. The van der Waals surface area contributed by atoms with Crippen LogP contribution in [0.15, 0.2) is 109 Å². The molecule has 0 radical (unpaired) electrons. The van der Waals surface area contributed by atoms with Crippen molar-refractivity contribution < 1.29 is 23.9 Å². The quantitative estimate of drug-likeness (QED) is 0.223. The van der Waals surface area contributed by atoms with Crippen molar-refractivity contribution >= 4 is 22.9 Å². The van der Waals surface area contributed by atoms with E-state index in [1.165, 1.54) is 10.9 Å². The van der Waals surface area contributed by atoms with Gasteiger partial charge in [-0.1, -0.05) is 66.2 Å². The van der Waals surface area contributed by atoms with Gasteiger partial charge in [-0.2, -0.15) is 9.28 Å². The molecule has 6 nitrogen and oxygen atoms in total. The van der Waals surface area contributed by atoms with Gasteiger partial charge in [0.1, 0.15) is 18.7 Å². The monoisotopic (exact) mass is 545 g/mol. The molecule has 6 rings (SSSR count). The van der Waals surface area contributed by atoms with E-state index in [9.17, 15) is 14.7 Å². The second-order valence-corrected chi connectivity index (χ2v) is 11.0. The number of aromatic nitrogens is 1. The number of aryl methyl sites for hydroxylation is 1. The highest BCUT2D eigenvalue weighted by Crippen LogP contribution is 2.33. The molecule has 2 heterocycles. The number of fused-ring (bicyclic) bond motifs is 1. The third kappa shape index (κ3) is 4.97. The van der Waals surface area contributed by atoms with Crippen molar-refractivity contribution in [2.45, 2.75) is 39.0 Å². The van der Waals surface area contributed by atoms with Crippen LogP contribution in [0.5, 0.6) is 0 Å². The molecule has 4 aromatic carbocycles. The topological polar surface area (TPSA) is 68.5 Å². The molecule has 1 fully saturated rings. The average molecular weight is 546 g/mol. The first-order valence-corrected chi connectivity index (χ1v) is 14.0. The fraction of sp³-hybridized carbons (Fsp3) is 0.200. The van der Waals surface area contributed by atoms with Gasteiger partial charge >= 0.3 is 12.0 Å². The highest BCUT2D eigenvalue weighted by molar-refractivity contribution is 5.95. The molecule has 206 valence electrons. The molecule has 0 saturated carbocycles. The standard InChI is InChI=1S/C35H32N2O4/c1-24-8-17-33-30(20-24)18-19-36(33)31-15-13-28(14-16-31)27-9-11-29(12-10-27)34(38)37(35(39)40)22-32(21-25(37)2)41-23-26-6-4-3-5-7-26/h3-20,25,32H,21-23H2,1-2H3/p+1/t25-,32?,37?/m1/s1. The van der Waals surface area contributed by atoms with Crippen LogP contribution in [0, 0.1) is 6.92 Å². The second kappa shape index (κ2) is 10.8. The summed E-state index contributed by atoms with van der Waals surface area (Å²) in [5.41, 5.74) is 6.85. The summed E-state index contributed by atoms with van der Waals surface area (Å²) in [6, 6.07) is 33.5. The molecular weight excluding hydrogens is 512 g/mol. The summed E-state index contributed by atoms with van der Waals surface area (Å²) in [4.78, 5) is 26.3. The van der Waals surface area contributed by atoms with Crippen molar-refractivity contribution in [1.29, 1.82) is 0 Å². The molecule has 5 aromatic rings. The van der Waals surface area contributed by atoms with Gasteiger partial charge in [-0.3, -0.25) is 0 Å². The van der Waals surface area contributed by atoms with Crippen LogP contribution in [-0.4, -0.2) is 44.8 Å². The number of carboxylic acid groups (broad SMARTS) is 1. The van der Waals surface area contributed by atoms with E-state index >= 15 is 0 Å². The van der Waals surface area contributed by atoms with Crippen LogP contribution >= 0.6 is 0 Å². The van der Waals surface area contributed by atoms with Gasteiger partial charge in [0.15, 0.2) is 0 Å². The lowest BCUT2D eigenvalue weighted by atomic mass is 10.0. The van der Waals surface area contributed by atoms with Crippen LogP contribution < -0.4 is 0 Å². The Bertz CT molecular complexity index is 1710. The SMILES string of the molecule is Cc1ccc2c(ccn2-c2ccc(-c3ccc(C(=O)[N+]4(C(=O)O)CC(OCc5ccccc5)C[C@H]4C)cc3)cc2)c1. The number of carbonyl (C=O) groups is 2. The lowest BCUT2D eigenvalue weighted by Gasteiger charge is -2.29. The Morgan fingerprint density at radius 3 is 2.27 bits per heavy atom. The first kappa shape index (κ1) is 26.7. The van der Waals surface area contributed by atoms with Gasteiger partial charge in [-0.25, -0.2) is 4.79 Å². The molecule has 1 saturated heterocycles. The van der Waals surface area contributed by atoms with Crippen molar-refractivity contribution in [1.82, 2.24) is 4.57 Å². The molecule has 3 atom stereocenters. The van der Waals surface area contributed by atoms with Crippen molar-refractivity contribution in [3.8, 4) is 16.8 Å². The number of quaternary nitrogens is 1. The summed E-state index contributed by atoms with van der Waals surface area (Å²) in [6.07, 6.45) is 1.13. The minimum absolute atomic E-state index is 0.110. The number of imide groups is 1. The van der Waals surface area contributed by atoms with E-state index in [0.29, 0.717) is 18.6 Å². The lowest BCUT2D eigenvalue weighted by molar-refractivity contribution is -0.787. The minimum atomic E-state index is -1.14. The lowest BCUT2D eigenvalue weighted by Crippen LogP contribution is -2.59.